The van der Waals surface area contributed by atoms with Crippen molar-refractivity contribution >= 4 is 0 Å². The maximum atomic E-state index is 5.57. The van der Waals surface area contributed by atoms with E-state index in [1.807, 2.05) is 11.6 Å². The van der Waals surface area contributed by atoms with Gasteiger partial charge in [0.15, 0.2) is 0 Å². The third kappa shape index (κ3) is 1.84. The molecule has 2 aromatic rings. The van der Waals surface area contributed by atoms with Gasteiger partial charge in [-0.05, 0) is 31.0 Å². The van der Waals surface area contributed by atoms with E-state index in [-0.39, 0.29) is 0 Å². The molecule has 1 aromatic carbocycles. The first-order chi connectivity index (χ1) is 7.76. The number of hydrogen-bond acceptors (Lipinski definition) is 3. The van der Waals surface area contributed by atoms with Gasteiger partial charge in [-0.1, -0.05) is 24.3 Å². The maximum Gasteiger partial charge on any atom is 0.0996 e. The standard InChI is InChI=1S/C12H16N4/c1-3-10-4-6-11(7-5-10)16-9(2)12(8-13)14-15-16/h4-7H,3,8,13H2,1-2H3. The molecule has 0 unspecified atom stereocenters. The van der Waals surface area contributed by atoms with Crippen molar-refractivity contribution in [2.75, 3.05) is 0 Å². The normalized spacial score (nSPS) is 10.7. The van der Waals surface area contributed by atoms with Gasteiger partial charge in [-0.2, -0.15) is 0 Å². The summed E-state index contributed by atoms with van der Waals surface area (Å²) in [7, 11) is 0. The van der Waals surface area contributed by atoms with Crippen molar-refractivity contribution in [3.8, 4) is 5.69 Å². The van der Waals surface area contributed by atoms with E-state index in [1.54, 1.807) is 0 Å². The second kappa shape index (κ2) is 4.45. The van der Waals surface area contributed by atoms with E-state index in [2.05, 4.69) is 41.5 Å². The van der Waals surface area contributed by atoms with Gasteiger partial charge in [0.1, 0.15) is 0 Å². The lowest BCUT2D eigenvalue weighted by atomic mass is 10.1. The van der Waals surface area contributed by atoms with Gasteiger partial charge in [0.25, 0.3) is 0 Å². The summed E-state index contributed by atoms with van der Waals surface area (Å²) < 4.78 is 1.82. The van der Waals surface area contributed by atoms with Crippen LogP contribution in [0.4, 0.5) is 0 Å². The van der Waals surface area contributed by atoms with Crippen molar-refractivity contribution in [2.24, 2.45) is 5.73 Å². The summed E-state index contributed by atoms with van der Waals surface area (Å²) in [6.07, 6.45) is 1.05. The van der Waals surface area contributed by atoms with Crippen LogP contribution in [-0.2, 0) is 13.0 Å². The molecule has 0 radical (unpaired) electrons. The van der Waals surface area contributed by atoms with E-state index in [1.165, 1.54) is 5.56 Å². The molecule has 0 bridgehead atoms. The molecule has 4 nitrogen and oxygen atoms in total. The first-order valence-corrected chi connectivity index (χ1v) is 5.46. The summed E-state index contributed by atoms with van der Waals surface area (Å²) in [4.78, 5) is 0. The fourth-order valence-corrected chi connectivity index (χ4v) is 1.67. The molecular weight excluding hydrogens is 200 g/mol. The predicted molar refractivity (Wildman–Crippen MR) is 63.4 cm³/mol. The zero-order valence-corrected chi connectivity index (χ0v) is 9.64. The molecule has 4 heteroatoms. The van der Waals surface area contributed by atoms with E-state index in [9.17, 15) is 0 Å². The predicted octanol–water partition coefficient (Wildman–Crippen LogP) is 1.60. The van der Waals surface area contributed by atoms with Crippen LogP contribution >= 0.6 is 0 Å². The molecule has 0 aliphatic carbocycles. The van der Waals surface area contributed by atoms with E-state index in [4.69, 9.17) is 5.73 Å². The Morgan fingerprint density at radius 3 is 2.44 bits per heavy atom. The number of aryl methyl sites for hydroxylation is 1. The van der Waals surface area contributed by atoms with Gasteiger partial charge < -0.3 is 5.73 Å². The Morgan fingerprint density at radius 2 is 1.94 bits per heavy atom. The van der Waals surface area contributed by atoms with Crippen molar-refractivity contribution in [3.05, 3.63) is 41.2 Å². The average molecular weight is 216 g/mol. The molecule has 0 aliphatic rings. The van der Waals surface area contributed by atoms with Crippen LogP contribution in [0.25, 0.3) is 5.69 Å². The van der Waals surface area contributed by atoms with Crippen molar-refractivity contribution < 1.29 is 0 Å². The summed E-state index contributed by atoms with van der Waals surface area (Å²) in [5, 5.41) is 8.14. The lowest BCUT2D eigenvalue weighted by molar-refractivity contribution is 0.782. The van der Waals surface area contributed by atoms with Gasteiger partial charge in [0, 0.05) is 6.54 Å². The topological polar surface area (TPSA) is 56.7 Å². The lowest BCUT2D eigenvalue weighted by Gasteiger charge is -2.04. The lowest BCUT2D eigenvalue weighted by Crippen LogP contribution is -2.02. The van der Waals surface area contributed by atoms with E-state index >= 15 is 0 Å². The Hall–Kier alpha value is -1.68. The van der Waals surface area contributed by atoms with Gasteiger partial charge >= 0.3 is 0 Å². The largest absolute Gasteiger partial charge is 0.325 e. The molecular formula is C12H16N4. The molecule has 2 rings (SSSR count). The summed E-state index contributed by atoms with van der Waals surface area (Å²) in [5.41, 5.74) is 9.77. The molecule has 0 amide bonds. The van der Waals surface area contributed by atoms with Gasteiger partial charge in [0.05, 0.1) is 17.1 Å². The number of nitrogens with two attached hydrogens (primary N) is 1. The van der Waals surface area contributed by atoms with Crippen molar-refractivity contribution in [1.29, 1.82) is 0 Å². The molecule has 1 heterocycles. The second-order valence-corrected chi connectivity index (χ2v) is 3.76. The number of benzene rings is 1. The quantitative estimate of drug-likeness (QED) is 0.847. The highest BCUT2D eigenvalue weighted by Gasteiger charge is 2.07. The summed E-state index contributed by atoms with van der Waals surface area (Å²) in [5.74, 6) is 0. The van der Waals surface area contributed by atoms with E-state index in [0.29, 0.717) is 6.54 Å². The van der Waals surface area contributed by atoms with Crippen LogP contribution < -0.4 is 5.73 Å². The highest BCUT2D eigenvalue weighted by molar-refractivity contribution is 5.35. The maximum absolute atomic E-state index is 5.57. The molecule has 0 aliphatic heterocycles. The third-order valence-corrected chi connectivity index (χ3v) is 2.77. The Balaban J connectivity index is 2.38. The van der Waals surface area contributed by atoms with Crippen LogP contribution in [0.15, 0.2) is 24.3 Å². The number of aromatic nitrogens is 3. The van der Waals surface area contributed by atoms with Gasteiger partial charge in [-0.3, -0.25) is 0 Å². The van der Waals surface area contributed by atoms with Crippen LogP contribution in [-0.4, -0.2) is 15.0 Å². The Bertz CT molecular complexity index is 470. The molecule has 0 fully saturated rings. The minimum atomic E-state index is 0.429. The fourth-order valence-electron chi connectivity index (χ4n) is 1.67. The van der Waals surface area contributed by atoms with Crippen molar-refractivity contribution in [1.82, 2.24) is 15.0 Å². The highest BCUT2D eigenvalue weighted by atomic mass is 15.4. The highest BCUT2D eigenvalue weighted by Crippen LogP contribution is 2.13. The minimum Gasteiger partial charge on any atom is -0.325 e. The van der Waals surface area contributed by atoms with E-state index in [0.717, 1.165) is 23.5 Å². The number of rotatable bonds is 3. The van der Waals surface area contributed by atoms with Crippen LogP contribution in [0.3, 0.4) is 0 Å². The Kier molecular flexibility index (Phi) is 3.01. The Morgan fingerprint density at radius 1 is 1.25 bits per heavy atom. The summed E-state index contributed by atoms with van der Waals surface area (Å²) in [6.45, 7) is 4.55. The summed E-state index contributed by atoms with van der Waals surface area (Å²) in [6, 6.07) is 8.33. The van der Waals surface area contributed by atoms with Gasteiger partial charge in [0.2, 0.25) is 0 Å². The smallest absolute Gasteiger partial charge is 0.0996 e. The molecule has 0 saturated carbocycles. The van der Waals surface area contributed by atoms with Crippen LogP contribution in [0.5, 0.6) is 0 Å². The second-order valence-electron chi connectivity index (χ2n) is 3.76. The number of hydrogen-bond donors (Lipinski definition) is 1. The van der Waals surface area contributed by atoms with E-state index < -0.39 is 0 Å². The zero-order valence-electron chi connectivity index (χ0n) is 9.64. The fraction of sp³-hybridized carbons (Fsp3) is 0.333. The number of nitrogens with zero attached hydrogens (tertiary/aromatic N) is 3. The van der Waals surface area contributed by atoms with Crippen LogP contribution in [0.2, 0.25) is 0 Å². The average Bonchev–Trinajstić information content (AvgIpc) is 2.70. The minimum absolute atomic E-state index is 0.429. The molecule has 0 saturated heterocycles. The molecule has 2 N–H and O–H groups in total. The first-order valence-electron chi connectivity index (χ1n) is 5.46. The third-order valence-electron chi connectivity index (χ3n) is 2.77. The molecule has 0 atom stereocenters. The van der Waals surface area contributed by atoms with Gasteiger partial charge in [-0.25, -0.2) is 4.68 Å². The zero-order chi connectivity index (χ0) is 11.5. The van der Waals surface area contributed by atoms with Crippen LogP contribution in [0.1, 0.15) is 23.9 Å². The van der Waals surface area contributed by atoms with Crippen molar-refractivity contribution in [2.45, 2.75) is 26.8 Å². The molecule has 84 valence electrons. The first kappa shape index (κ1) is 10.8. The van der Waals surface area contributed by atoms with Crippen molar-refractivity contribution in [3.63, 3.8) is 0 Å². The van der Waals surface area contributed by atoms with Gasteiger partial charge in [-0.15, -0.1) is 5.10 Å². The monoisotopic (exact) mass is 216 g/mol. The SMILES string of the molecule is CCc1ccc(-n2nnc(CN)c2C)cc1. The summed E-state index contributed by atoms with van der Waals surface area (Å²) >= 11 is 0. The Labute approximate surface area is 95.1 Å². The molecule has 0 spiro atoms. The molecule has 1 aromatic heterocycles. The van der Waals surface area contributed by atoms with Crippen LogP contribution in [0, 0.1) is 6.92 Å². The molecule has 16 heavy (non-hydrogen) atoms.